The number of methoxy groups -OCH3 is 1. The topological polar surface area (TPSA) is 84.5 Å². The van der Waals surface area contributed by atoms with Crippen molar-refractivity contribution in [2.45, 2.75) is 17.9 Å². The Morgan fingerprint density at radius 2 is 1.82 bits per heavy atom. The van der Waals surface area contributed by atoms with Crippen molar-refractivity contribution in [2.24, 2.45) is 0 Å². The number of rotatable bonds is 7. The van der Waals surface area contributed by atoms with Crippen molar-refractivity contribution in [3.8, 4) is 5.75 Å². The normalized spacial score (nSPS) is 12.4. The molecule has 0 aliphatic carbocycles. The molecule has 0 unspecified atom stereocenters. The number of benzene rings is 2. The maximum absolute atomic E-state index is 13.1. The maximum atomic E-state index is 13.1. The van der Waals surface area contributed by atoms with Crippen molar-refractivity contribution < 1.29 is 17.9 Å². The molecule has 0 saturated heterocycles. The van der Waals surface area contributed by atoms with Gasteiger partial charge >= 0.3 is 0 Å². The van der Waals surface area contributed by atoms with Gasteiger partial charge in [0, 0.05) is 17.9 Å². The van der Waals surface area contributed by atoms with E-state index in [0.29, 0.717) is 5.69 Å². The summed E-state index contributed by atoms with van der Waals surface area (Å²) in [6, 6.07) is 17.0. The van der Waals surface area contributed by atoms with E-state index in [2.05, 4.69) is 10.0 Å². The average Bonchev–Trinajstić information content (AvgIpc) is 3.21. The molecule has 0 saturated carbocycles. The number of ether oxygens (including phenoxy) is 1. The molecule has 8 heteroatoms. The fourth-order valence-electron chi connectivity index (χ4n) is 2.75. The molecule has 1 atom stereocenters. The molecule has 6 nitrogen and oxygen atoms in total. The van der Waals surface area contributed by atoms with Gasteiger partial charge in [0.25, 0.3) is 0 Å². The Bertz CT molecular complexity index is 1050. The molecular formula is C20H20N2O4S2. The fourth-order valence-corrected chi connectivity index (χ4v) is 4.84. The van der Waals surface area contributed by atoms with Crippen LogP contribution in [-0.4, -0.2) is 21.4 Å². The standard InChI is InChI=1S/C20H20N2O4S2/c1-14(23)21-17-11-10-16(13-18(17)26-2)28(24,25)22-20(19-9-6-12-27-19)15-7-4-3-5-8-15/h3-13,20,22H,1-2H3,(H,21,23)/t20-/m0/s1. The first-order chi connectivity index (χ1) is 13.4. The van der Waals surface area contributed by atoms with Crippen LogP contribution in [-0.2, 0) is 14.8 Å². The second-order valence-corrected chi connectivity index (χ2v) is 8.72. The summed E-state index contributed by atoms with van der Waals surface area (Å²) in [7, 11) is -2.43. The van der Waals surface area contributed by atoms with E-state index in [1.165, 1.54) is 43.6 Å². The first kappa shape index (κ1) is 20.1. The minimum atomic E-state index is -3.85. The highest BCUT2D eigenvalue weighted by molar-refractivity contribution is 7.89. The number of sulfonamides is 1. The SMILES string of the molecule is COc1cc(S(=O)(=O)N[C@@H](c2ccccc2)c2cccs2)ccc1NC(C)=O. The molecule has 0 bridgehead atoms. The molecule has 1 heterocycles. The van der Waals surface area contributed by atoms with Crippen LogP contribution in [0.4, 0.5) is 5.69 Å². The predicted molar refractivity (Wildman–Crippen MR) is 110 cm³/mol. The summed E-state index contributed by atoms with van der Waals surface area (Å²) < 4.78 is 34.1. The molecule has 0 spiro atoms. The quantitative estimate of drug-likeness (QED) is 0.614. The van der Waals surface area contributed by atoms with Crippen molar-refractivity contribution in [3.63, 3.8) is 0 Å². The number of carbonyl (C=O) groups excluding carboxylic acids is 1. The summed E-state index contributed by atoms with van der Waals surface area (Å²) in [5.41, 5.74) is 1.25. The van der Waals surface area contributed by atoms with Crippen molar-refractivity contribution in [1.29, 1.82) is 0 Å². The molecule has 1 aromatic heterocycles. The molecule has 3 aromatic rings. The zero-order chi connectivity index (χ0) is 20.1. The molecule has 0 aliphatic heterocycles. The van der Waals surface area contributed by atoms with Crippen molar-refractivity contribution >= 4 is 33.0 Å². The van der Waals surface area contributed by atoms with Gasteiger partial charge in [-0.1, -0.05) is 36.4 Å². The van der Waals surface area contributed by atoms with E-state index < -0.39 is 16.1 Å². The fraction of sp³-hybridized carbons (Fsp3) is 0.150. The maximum Gasteiger partial charge on any atom is 0.241 e. The summed E-state index contributed by atoms with van der Waals surface area (Å²) in [5, 5.41) is 4.52. The molecule has 3 rings (SSSR count). The van der Waals surface area contributed by atoms with Crippen LogP contribution in [0.25, 0.3) is 0 Å². The Labute approximate surface area is 168 Å². The van der Waals surface area contributed by atoms with Gasteiger partial charge in [-0.2, -0.15) is 4.72 Å². The van der Waals surface area contributed by atoms with Gasteiger partial charge < -0.3 is 10.1 Å². The zero-order valence-electron chi connectivity index (χ0n) is 15.4. The number of thiophene rings is 1. The van der Waals surface area contributed by atoms with Gasteiger partial charge in [0.05, 0.1) is 23.7 Å². The van der Waals surface area contributed by atoms with Crippen LogP contribution in [0.15, 0.2) is 70.9 Å². The lowest BCUT2D eigenvalue weighted by Gasteiger charge is -2.19. The largest absolute Gasteiger partial charge is 0.495 e. The Hall–Kier alpha value is -2.68. The second kappa shape index (κ2) is 8.55. The summed E-state index contributed by atoms with van der Waals surface area (Å²) in [5.74, 6) is -0.000621. The molecule has 0 fully saturated rings. The minimum absolute atomic E-state index is 0.0518. The Morgan fingerprint density at radius 1 is 1.07 bits per heavy atom. The van der Waals surface area contributed by atoms with Crippen LogP contribution in [0.3, 0.4) is 0 Å². The lowest BCUT2D eigenvalue weighted by molar-refractivity contribution is -0.114. The van der Waals surface area contributed by atoms with Crippen LogP contribution < -0.4 is 14.8 Å². The second-order valence-electron chi connectivity index (χ2n) is 6.02. The van der Waals surface area contributed by atoms with Crippen molar-refractivity contribution in [1.82, 2.24) is 4.72 Å². The highest BCUT2D eigenvalue weighted by Crippen LogP contribution is 2.31. The highest BCUT2D eigenvalue weighted by Gasteiger charge is 2.24. The number of carbonyl (C=O) groups is 1. The van der Waals surface area contributed by atoms with E-state index in [-0.39, 0.29) is 16.6 Å². The molecule has 0 aliphatic rings. The van der Waals surface area contributed by atoms with Crippen molar-refractivity contribution in [3.05, 3.63) is 76.5 Å². The Morgan fingerprint density at radius 3 is 2.43 bits per heavy atom. The number of hydrogen-bond donors (Lipinski definition) is 2. The lowest BCUT2D eigenvalue weighted by Crippen LogP contribution is -2.29. The van der Waals surface area contributed by atoms with Crippen LogP contribution in [0, 0.1) is 0 Å². The Kier molecular flexibility index (Phi) is 6.13. The molecular weight excluding hydrogens is 396 g/mol. The number of anilines is 1. The van der Waals surface area contributed by atoms with Gasteiger partial charge in [-0.3, -0.25) is 4.79 Å². The summed E-state index contributed by atoms with van der Waals surface area (Å²) in [6.07, 6.45) is 0. The first-order valence-electron chi connectivity index (χ1n) is 8.47. The third-order valence-corrected chi connectivity index (χ3v) is 6.39. The molecule has 2 aromatic carbocycles. The van der Waals surface area contributed by atoms with E-state index in [9.17, 15) is 13.2 Å². The molecule has 0 radical (unpaired) electrons. The third kappa shape index (κ3) is 4.59. The number of nitrogens with one attached hydrogen (secondary N) is 2. The van der Waals surface area contributed by atoms with Crippen LogP contribution in [0.5, 0.6) is 5.75 Å². The first-order valence-corrected chi connectivity index (χ1v) is 10.8. The molecule has 1 amide bonds. The zero-order valence-corrected chi connectivity index (χ0v) is 17.0. The van der Waals surface area contributed by atoms with E-state index in [1.807, 2.05) is 47.8 Å². The van der Waals surface area contributed by atoms with E-state index in [1.54, 1.807) is 0 Å². The van der Waals surface area contributed by atoms with Gasteiger partial charge in [-0.05, 0) is 29.1 Å². The van der Waals surface area contributed by atoms with Gasteiger partial charge in [0.2, 0.25) is 15.9 Å². The van der Waals surface area contributed by atoms with E-state index >= 15 is 0 Å². The Balaban J connectivity index is 1.96. The molecule has 28 heavy (non-hydrogen) atoms. The predicted octanol–water partition coefficient (Wildman–Crippen LogP) is 3.78. The summed E-state index contributed by atoms with van der Waals surface area (Å²) in [6.45, 7) is 1.37. The van der Waals surface area contributed by atoms with Crippen LogP contribution in [0.2, 0.25) is 0 Å². The monoisotopic (exact) mass is 416 g/mol. The lowest BCUT2D eigenvalue weighted by atomic mass is 10.1. The van der Waals surface area contributed by atoms with Gasteiger partial charge in [0.15, 0.2) is 0 Å². The smallest absolute Gasteiger partial charge is 0.241 e. The van der Waals surface area contributed by atoms with Gasteiger partial charge in [-0.25, -0.2) is 8.42 Å². The highest BCUT2D eigenvalue weighted by atomic mass is 32.2. The van der Waals surface area contributed by atoms with Gasteiger partial charge in [-0.15, -0.1) is 11.3 Å². The van der Waals surface area contributed by atoms with Crippen LogP contribution in [0.1, 0.15) is 23.4 Å². The minimum Gasteiger partial charge on any atom is -0.495 e. The van der Waals surface area contributed by atoms with Gasteiger partial charge in [0.1, 0.15) is 5.75 Å². The summed E-state index contributed by atoms with van der Waals surface area (Å²) in [4.78, 5) is 12.2. The van der Waals surface area contributed by atoms with Crippen LogP contribution >= 0.6 is 11.3 Å². The summed E-state index contributed by atoms with van der Waals surface area (Å²) >= 11 is 1.48. The van der Waals surface area contributed by atoms with E-state index in [4.69, 9.17) is 4.74 Å². The number of amides is 1. The van der Waals surface area contributed by atoms with E-state index in [0.717, 1.165) is 10.4 Å². The third-order valence-electron chi connectivity index (χ3n) is 4.03. The van der Waals surface area contributed by atoms with Crippen molar-refractivity contribution in [2.75, 3.05) is 12.4 Å². The molecule has 2 N–H and O–H groups in total. The number of hydrogen-bond acceptors (Lipinski definition) is 5. The molecule has 146 valence electrons. The average molecular weight is 417 g/mol.